The molecule has 0 bridgehead atoms. The summed E-state index contributed by atoms with van der Waals surface area (Å²) in [7, 11) is -1.04. The molecule has 1 N–H and O–H groups in total. The first kappa shape index (κ1) is 16.7. The third-order valence-electron chi connectivity index (χ3n) is 3.60. The number of hydrogen-bond acceptors (Lipinski definition) is 4. The molecule has 2 unspecified atom stereocenters. The smallest absolute Gasteiger partial charge is 0.311 e. The number of benzene rings is 1. The first-order valence-corrected chi connectivity index (χ1v) is 8.70. The van der Waals surface area contributed by atoms with Crippen LogP contribution in [-0.4, -0.2) is 33.6 Å². The number of carboxylic acids is 1. The topological polar surface area (TPSA) is 80.7 Å². The predicted octanol–water partition coefficient (Wildman–Crippen LogP) is 2.33. The molecule has 1 fully saturated rings. The fourth-order valence-corrected chi connectivity index (χ4v) is 3.57. The van der Waals surface area contributed by atoms with E-state index in [1.54, 1.807) is 31.2 Å². The number of carbonyl (C=O) groups excluding carboxylic acids is 1. The second kappa shape index (κ2) is 7.54. The van der Waals surface area contributed by atoms with Crippen LogP contribution in [0.1, 0.15) is 37.7 Å². The molecule has 1 aliphatic rings. The van der Waals surface area contributed by atoms with E-state index in [1.165, 1.54) is 0 Å². The van der Waals surface area contributed by atoms with Crippen LogP contribution in [0, 0.1) is 5.92 Å². The van der Waals surface area contributed by atoms with Crippen LogP contribution in [0.25, 0.3) is 0 Å². The van der Waals surface area contributed by atoms with Crippen LogP contribution in [0.3, 0.4) is 0 Å². The summed E-state index contributed by atoms with van der Waals surface area (Å²) in [4.78, 5) is 23.5. The molecule has 1 aliphatic carbocycles. The molecule has 0 heterocycles. The summed E-state index contributed by atoms with van der Waals surface area (Å²) in [6, 6.07) is 6.65. The summed E-state index contributed by atoms with van der Waals surface area (Å²) >= 11 is 0. The Bertz CT molecular complexity index is 562. The summed E-state index contributed by atoms with van der Waals surface area (Å²) < 4.78 is 16.9. The van der Waals surface area contributed by atoms with Crippen LogP contribution in [0.5, 0.6) is 0 Å². The van der Waals surface area contributed by atoms with Crippen LogP contribution in [0.15, 0.2) is 29.2 Å². The van der Waals surface area contributed by atoms with Crippen molar-refractivity contribution in [1.82, 2.24) is 0 Å². The van der Waals surface area contributed by atoms with Gasteiger partial charge in [-0.25, -0.2) is 0 Å². The highest BCUT2D eigenvalue weighted by Crippen LogP contribution is 2.31. The van der Waals surface area contributed by atoms with Gasteiger partial charge < -0.3 is 9.84 Å². The van der Waals surface area contributed by atoms with Gasteiger partial charge in [-0.15, -0.1) is 0 Å². The fraction of sp³-hybridized carbons (Fsp3) is 0.500. The van der Waals surface area contributed by atoms with Crippen LogP contribution in [0.2, 0.25) is 0 Å². The molecule has 1 saturated carbocycles. The van der Waals surface area contributed by atoms with Gasteiger partial charge in [0, 0.05) is 10.6 Å². The summed E-state index contributed by atoms with van der Waals surface area (Å²) in [6.45, 7) is 1.90. The van der Waals surface area contributed by atoms with Gasteiger partial charge in [0.05, 0.1) is 29.7 Å². The molecule has 6 heteroatoms. The summed E-state index contributed by atoms with van der Waals surface area (Å²) in [5.74, 6) is -1.30. The molecule has 0 spiro atoms. The van der Waals surface area contributed by atoms with E-state index in [0.29, 0.717) is 22.1 Å². The average molecular weight is 324 g/mol. The SMILES string of the molecule is CCOC(=O)CC(C(=O)O)c1ccc(S(=O)CC2CC2)cc1. The first-order valence-electron chi connectivity index (χ1n) is 7.38. The number of esters is 1. The van der Waals surface area contributed by atoms with Gasteiger partial charge in [-0.1, -0.05) is 12.1 Å². The second-order valence-corrected chi connectivity index (χ2v) is 6.92. The molecule has 1 aromatic rings. The number of rotatable bonds is 8. The Morgan fingerprint density at radius 1 is 1.32 bits per heavy atom. The van der Waals surface area contributed by atoms with Crippen molar-refractivity contribution in [2.75, 3.05) is 12.4 Å². The second-order valence-electron chi connectivity index (χ2n) is 5.42. The maximum Gasteiger partial charge on any atom is 0.311 e. The molecule has 0 aromatic heterocycles. The maximum atomic E-state index is 12.1. The Morgan fingerprint density at radius 3 is 2.45 bits per heavy atom. The van der Waals surface area contributed by atoms with E-state index >= 15 is 0 Å². The molecule has 0 saturated heterocycles. The molecule has 22 heavy (non-hydrogen) atoms. The average Bonchev–Trinajstić information content (AvgIpc) is 3.29. The Kier molecular flexibility index (Phi) is 5.71. The van der Waals surface area contributed by atoms with Gasteiger partial charge in [0.15, 0.2) is 0 Å². The summed E-state index contributed by atoms with van der Waals surface area (Å²) in [6.07, 6.45) is 2.09. The lowest BCUT2D eigenvalue weighted by atomic mass is 9.96. The van der Waals surface area contributed by atoms with Crippen molar-refractivity contribution in [3.63, 3.8) is 0 Å². The standard InChI is InChI=1S/C16H20O5S/c1-2-21-15(17)9-14(16(18)19)12-5-7-13(8-6-12)22(20)10-11-3-4-11/h5-8,11,14H,2-4,9-10H2,1H3,(H,18,19). The normalized spacial score (nSPS) is 16.8. The van der Waals surface area contributed by atoms with E-state index < -0.39 is 28.7 Å². The molecule has 2 rings (SSSR count). The third-order valence-corrected chi connectivity index (χ3v) is 5.18. The van der Waals surface area contributed by atoms with Gasteiger partial charge in [-0.05, 0) is 43.4 Å². The van der Waals surface area contributed by atoms with Crippen LogP contribution >= 0.6 is 0 Å². The molecule has 0 aliphatic heterocycles. The van der Waals surface area contributed by atoms with Gasteiger partial charge >= 0.3 is 11.9 Å². The predicted molar refractivity (Wildman–Crippen MR) is 82.1 cm³/mol. The highest BCUT2D eigenvalue weighted by molar-refractivity contribution is 7.85. The van der Waals surface area contributed by atoms with E-state index in [9.17, 15) is 18.9 Å². The van der Waals surface area contributed by atoms with E-state index in [0.717, 1.165) is 12.8 Å². The van der Waals surface area contributed by atoms with E-state index in [1.807, 2.05) is 0 Å². The Morgan fingerprint density at radius 2 is 1.95 bits per heavy atom. The summed E-state index contributed by atoms with van der Waals surface area (Å²) in [5.41, 5.74) is 0.521. The van der Waals surface area contributed by atoms with Gasteiger partial charge in [0.25, 0.3) is 0 Å². The first-order chi connectivity index (χ1) is 10.5. The molecule has 1 aromatic carbocycles. The van der Waals surface area contributed by atoms with Crippen molar-refractivity contribution in [2.24, 2.45) is 5.92 Å². The van der Waals surface area contributed by atoms with E-state index in [4.69, 9.17) is 4.74 Å². The minimum atomic E-state index is -1.07. The van der Waals surface area contributed by atoms with E-state index in [2.05, 4.69) is 0 Å². The van der Waals surface area contributed by atoms with Crippen molar-refractivity contribution < 1.29 is 23.6 Å². The number of carbonyl (C=O) groups is 2. The molecule has 2 atom stereocenters. The highest BCUT2D eigenvalue weighted by Gasteiger charge is 2.26. The summed E-state index contributed by atoms with van der Waals surface area (Å²) in [5, 5.41) is 9.28. The van der Waals surface area contributed by atoms with Crippen molar-refractivity contribution in [3.8, 4) is 0 Å². The molecule has 5 nitrogen and oxygen atoms in total. The van der Waals surface area contributed by atoms with Gasteiger partial charge in [0.1, 0.15) is 0 Å². The number of carboxylic acid groups (broad SMARTS) is 1. The van der Waals surface area contributed by atoms with Gasteiger partial charge in [-0.3, -0.25) is 13.8 Å². The van der Waals surface area contributed by atoms with Gasteiger partial charge in [-0.2, -0.15) is 0 Å². The Balaban J connectivity index is 2.06. The quantitative estimate of drug-likeness (QED) is 0.742. The van der Waals surface area contributed by atoms with E-state index in [-0.39, 0.29) is 13.0 Å². The third kappa shape index (κ3) is 4.66. The minimum absolute atomic E-state index is 0.201. The zero-order valence-electron chi connectivity index (χ0n) is 12.5. The highest BCUT2D eigenvalue weighted by atomic mass is 32.2. The molecular weight excluding hydrogens is 304 g/mol. The fourth-order valence-electron chi connectivity index (χ4n) is 2.18. The zero-order chi connectivity index (χ0) is 16.1. The van der Waals surface area contributed by atoms with Crippen LogP contribution < -0.4 is 0 Å². The van der Waals surface area contributed by atoms with Crippen LogP contribution in [0.4, 0.5) is 0 Å². The molecule has 0 radical (unpaired) electrons. The Labute approximate surface area is 132 Å². The lowest BCUT2D eigenvalue weighted by Gasteiger charge is -2.12. The molecular formula is C16H20O5S. The lowest BCUT2D eigenvalue weighted by molar-refractivity contribution is -0.148. The largest absolute Gasteiger partial charge is 0.481 e. The lowest BCUT2D eigenvalue weighted by Crippen LogP contribution is -2.17. The van der Waals surface area contributed by atoms with Crippen LogP contribution in [-0.2, 0) is 25.1 Å². The number of aliphatic carboxylic acids is 1. The monoisotopic (exact) mass is 324 g/mol. The number of hydrogen-bond donors (Lipinski definition) is 1. The van der Waals surface area contributed by atoms with Crippen molar-refractivity contribution in [2.45, 2.75) is 37.0 Å². The zero-order valence-corrected chi connectivity index (χ0v) is 13.3. The van der Waals surface area contributed by atoms with Crippen molar-refractivity contribution in [1.29, 1.82) is 0 Å². The van der Waals surface area contributed by atoms with Crippen molar-refractivity contribution in [3.05, 3.63) is 29.8 Å². The Hall–Kier alpha value is -1.69. The molecule has 120 valence electrons. The maximum absolute atomic E-state index is 12.1. The van der Waals surface area contributed by atoms with Crippen molar-refractivity contribution >= 4 is 22.7 Å². The van der Waals surface area contributed by atoms with Gasteiger partial charge in [0.2, 0.25) is 0 Å². The molecule has 0 amide bonds. The number of ether oxygens (including phenoxy) is 1. The minimum Gasteiger partial charge on any atom is -0.481 e.